The third-order valence-corrected chi connectivity index (χ3v) is 6.53. The summed E-state index contributed by atoms with van der Waals surface area (Å²) in [7, 11) is -3.73. The van der Waals surface area contributed by atoms with Crippen molar-refractivity contribution >= 4 is 16.0 Å². The lowest BCUT2D eigenvalue weighted by Gasteiger charge is -2.34. The van der Waals surface area contributed by atoms with Crippen LogP contribution >= 0.6 is 0 Å². The second-order valence-electron chi connectivity index (χ2n) is 7.40. The number of ether oxygens (including phenoxy) is 3. The van der Waals surface area contributed by atoms with Crippen molar-refractivity contribution in [3.8, 4) is 5.75 Å². The van der Waals surface area contributed by atoms with Crippen LogP contribution in [0.1, 0.15) is 29.8 Å². The average molecular weight is 434 g/mol. The molecule has 0 N–H and O–H groups in total. The van der Waals surface area contributed by atoms with Crippen LogP contribution in [-0.4, -0.2) is 57.2 Å². The van der Waals surface area contributed by atoms with Crippen LogP contribution in [0.15, 0.2) is 53.4 Å². The van der Waals surface area contributed by atoms with Gasteiger partial charge in [0.25, 0.3) is 0 Å². The highest BCUT2D eigenvalue weighted by molar-refractivity contribution is 7.89. The van der Waals surface area contributed by atoms with E-state index in [2.05, 4.69) is 0 Å². The first-order chi connectivity index (χ1) is 14.3. The molecular weight excluding hydrogens is 406 g/mol. The quantitative estimate of drug-likeness (QED) is 0.493. The van der Waals surface area contributed by atoms with Crippen molar-refractivity contribution in [2.24, 2.45) is 0 Å². The molecule has 1 aliphatic heterocycles. The molecule has 0 aromatic heterocycles. The van der Waals surface area contributed by atoms with Crippen LogP contribution in [0, 0.1) is 6.92 Å². The Labute approximate surface area is 177 Å². The standard InChI is InChI=1S/C22H27NO6S/c1-16-7-9-20(10-8-16)27-11-12-28-22(24)19-5-4-6-21(13-19)30(25,26)23-14-17(2)29-18(3)15-23/h4-10,13,17-18H,11-12,14-15H2,1-3H3/t17-,18-/m0/s1. The van der Waals surface area contributed by atoms with Crippen LogP contribution < -0.4 is 4.74 Å². The number of morpholine rings is 1. The molecule has 0 aliphatic carbocycles. The van der Waals surface area contributed by atoms with Crippen molar-refractivity contribution in [3.05, 3.63) is 59.7 Å². The van der Waals surface area contributed by atoms with Gasteiger partial charge >= 0.3 is 5.97 Å². The van der Waals surface area contributed by atoms with Gasteiger partial charge in [-0.05, 0) is 51.1 Å². The van der Waals surface area contributed by atoms with Crippen molar-refractivity contribution in [2.75, 3.05) is 26.3 Å². The fraction of sp³-hybridized carbons (Fsp3) is 0.409. The van der Waals surface area contributed by atoms with Crippen molar-refractivity contribution in [1.29, 1.82) is 0 Å². The minimum Gasteiger partial charge on any atom is -0.490 e. The molecular formula is C22H27NO6S. The van der Waals surface area contributed by atoms with Crippen LogP contribution in [-0.2, 0) is 19.5 Å². The lowest BCUT2D eigenvalue weighted by molar-refractivity contribution is -0.0440. The Morgan fingerprint density at radius 2 is 1.73 bits per heavy atom. The zero-order chi connectivity index (χ0) is 21.7. The summed E-state index contributed by atoms with van der Waals surface area (Å²) in [6.07, 6.45) is -0.379. The Hall–Kier alpha value is -2.42. The minimum atomic E-state index is -3.73. The summed E-state index contributed by atoms with van der Waals surface area (Å²) in [5.74, 6) is 0.0991. The molecule has 1 heterocycles. The third-order valence-electron chi connectivity index (χ3n) is 4.70. The highest BCUT2D eigenvalue weighted by atomic mass is 32.2. The van der Waals surface area contributed by atoms with Crippen molar-refractivity contribution < 1.29 is 27.4 Å². The third kappa shape index (κ3) is 5.59. The van der Waals surface area contributed by atoms with E-state index in [1.54, 1.807) is 6.07 Å². The number of hydrogen-bond acceptors (Lipinski definition) is 6. The molecule has 3 rings (SSSR count). The van der Waals surface area contributed by atoms with E-state index in [0.717, 1.165) is 5.56 Å². The highest BCUT2D eigenvalue weighted by Gasteiger charge is 2.32. The molecule has 30 heavy (non-hydrogen) atoms. The number of nitrogens with zero attached hydrogens (tertiary/aromatic N) is 1. The first-order valence-corrected chi connectivity index (χ1v) is 11.3. The van der Waals surface area contributed by atoms with E-state index in [-0.39, 0.29) is 49.0 Å². The first-order valence-electron chi connectivity index (χ1n) is 9.88. The van der Waals surface area contributed by atoms with Gasteiger partial charge in [0.1, 0.15) is 19.0 Å². The van der Waals surface area contributed by atoms with Gasteiger partial charge in [-0.3, -0.25) is 0 Å². The summed E-state index contributed by atoms with van der Waals surface area (Å²) >= 11 is 0. The lowest BCUT2D eigenvalue weighted by Crippen LogP contribution is -2.48. The molecule has 0 amide bonds. The summed E-state index contributed by atoms with van der Waals surface area (Å²) in [6, 6.07) is 13.5. The SMILES string of the molecule is Cc1ccc(OCCOC(=O)c2cccc(S(=O)(=O)N3C[C@H](C)O[C@@H](C)C3)c2)cc1. The monoisotopic (exact) mass is 433 g/mol. The van der Waals surface area contributed by atoms with Crippen molar-refractivity contribution in [2.45, 2.75) is 37.9 Å². The van der Waals surface area contributed by atoms with E-state index in [0.29, 0.717) is 5.75 Å². The maximum absolute atomic E-state index is 13.0. The molecule has 0 unspecified atom stereocenters. The van der Waals surface area contributed by atoms with Crippen LogP contribution in [0.25, 0.3) is 0 Å². The van der Waals surface area contributed by atoms with Crippen LogP contribution in [0.5, 0.6) is 5.75 Å². The molecule has 0 bridgehead atoms. The lowest BCUT2D eigenvalue weighted by atomic mass is 10.2. The second kappa shape index (κ2) is 9.59. The van der Waals surface area contributed by atoms with E-state index < -0.39 is 16.0 Å². The molecule has 0 saturated carbocycles. The summed E-state index contributed by atoms with van der Waals surface area (Å²) in [6.45, 7) is 6.48. The van der Waals surface area contributed by atoms with Gasteiger partial charge in [0.05, 0.1) is 22.7 Å². The highest BCUT2D eigenvalue weighted by Crippen LogP contribution is 2.22. The zero-order valence-electron chi connectivity index (χ0n) is 17.4. The number of carbonyl (C=O) groups is 1. The Morgan fingerprint density at radius 3 is 2.40 bits per heavy atom. The normalized spacial score (nSPS) is 20.0. The molecule has 0 spiro atoms. The minimum absolute atomic E-state index is 0.0577. The van der Waals surface area contributed by atoms with Crippen LogP contribution in [0.4, 0.5) is 0 Å². The van der Waals surface area contributed by atoms with Crippen LogP contribution in [0.3, 0.4) is 0 Å². The van der Waals surface area contributed by atoms with Crippen LogP contribution in [0.2, 0.25) is 0 Å². The predicted molar refractivity (Wildman–Crippen MR) is 112 cm³/mol. The Balaban J connectivity index is 1.60. The maximum Gasteiger partial charge on any atom is 0.338 e. The van der Waals surface area contributed by atoms with E-state index in [1.807, 2.05) is 45.0 Å². The smallest absolute Gasteiger partial charge is 0.338 e. The number of hydrogen-bond donors (Lipinski definition) is 0. The maximum atomic E-state index is 13.0. The molecule has 7 nitrogen and oxygen atoms in total. The number of benzene rings is 2. The largest absolute Gasteiger partial charge is 0.490 e. The molecule has 1 aliphatic rings. The number of sulfonamides is 1. The summed E-state index contributed by atoms with van der Waals surface area (Å²) in [4.78, 5) is 12.4. The van der Waals surface area contributed by atoms with E-state index >= 15 is 0 Å². The topological polar surface area (TPSA) is 82.1 Å². The molecule has 2 aromatic carbocycles. The van der Waals surface area contributed by atoms with Gasteiger partial charge in [0.2, 0.25) is 10.0 Å². The summed E-state index contributed by atoms with van der Waals surface area (Å²) in [5, 5.41) is 0. The number of aryl methyl sites for hydroxylation is 1. The van der Waals surface area contributed by atoms with E-state index in [9.17, 15) is 13.2 Å². The zero-order valence-corrected chi connectivity index (χ0v) is 18.2. The fourth-order valence-corrected chi connectivity index (χ4v) is 4.91. The Kier molecular flexibility index (Phi) is 7.12. The van der Waals surface area contributed by atoms with E-state index in [4.69, 9.17) is 14.2 Å². The van der Waals surface area contributed by atoms with Gasteiger partial charge in [-0.2, -0.15) is 4.31 Å². The fourth-order valence-electron chi connectivity index (χ4n) is 3.27. The van der Waals surface area contributed by atoms with Gasteiger partial charge in [-0.15, -0.1) is 0 Å². The van der Waals surface area contributed by atoms with E-state index in [1.165, 1.54) is 22.5 Å². The Morgan fingerprint density at radius 1 is 1.07 bits per heavy atom. The van der Waals surface area contributed by atoms with Gasteiger partial charge in [-0.25, -0.2) is 13.2 Å². The molecule has 1 saturated heterocycles. The van der Waals surface area contributed by atoms with Crippen molar-refractivity contribution in [1.82, 2.24) is 4.31 Å². The molecule has 2 atom stereocenters. The molecule has 2 aromatic rings. The Bertz CT molecular complexity index is 963. The van der Waals surface area contributed by atoms with Gasteiger partial charge in [-0.1, -0.05) is 23.8 Å². The van der Waals surface area contributed by atoms with Crippen molar-refractivity contribution in [3.63, 3.8) is 0 Å². The second-order valence-corrected chi connectivity index (χ2v) is 9.34. The number of rotatable bonds is 7. The molecule has 0 radical (unpaired) electrons. The summed E-state index contributed by atoms with van der Waals surface area (Å²) in [5.41, 5.74) is 1.31. The molecule has 162 valence electrons. The number of esters is 1. The summed E-state index contributed by atoms with van der Waals surface area (Å²) < 4.78 is 43.8. The first kappa shape index (κ1) is 22.3. The van der Waals surface area contributed by atoms with Gasteiger partial charge < -0.3 is 14.2 Å². The molecule has 1 fully saturated rings. The average Bonchev–Trinajstić information content (AvgIpc) is 2.71. The van der Waals surface area contributed by atoms with Gasteiger partial charge in [0.15, 0.2) is 0 Å². The predicted octanol–water partition coefficient (Wildman–Crippen LogP) is 3.03. The number of carbonyl (C=O) groups excluding carboxylic acids is 1. The van der Waals surface area contributed by atoms with Gasteiger partial charge in [0, 0.05) is 13.1 Å². The molecule has 8 heteroatoms.